The molecule has 0 bridgehead atoms. The lowest BCUT2D eigenvalue weighted by Gasteiger charge is -2.10. The molecule has 3 nitrogen and oxygen atoms in total. The van der Waals surface area contributed by atoms with Crippen molar-refractivity contribution in [3.8, 4) is 5.75 Å². The van der Waals surface area contributed by atoms with E-state index in [1.165, 1.54) is 0 Å². The highest BCUT2D eigenvalue weighted by Crippen LogP contribution is 2.15. The van der Waals surface area contributed by atoms with Gasteiger partial charge in [-0.25, -0.2) is 0 Å². The minimum absolute atomic E-state index is 0.0255. The Labute approximate surface area is 103 Å². The highest BCUT2D eigenvalue weighted by molar-refractivity contribution is 5.41. The van der Waals surface area contributed by atoms with Crippen LogP contribution >= 0.6 is 0 Å². The molecule has 1 atom stereocenters. The summed E-state index contributed by atoms with van der Waals surface area (Å²) in [7, 11) is 0. The fourth-order valence-corrected chi connectivity index (χ4v) is 1.35. The van der Waals surface area contributed by atoms with E-state index in [-0.39, 0.29) is 6.10 Å². The van der Waals surface area contributed by atoms with Gasteiger partial charge in [0.1, 0.15) is 11.9 Å². The number of anilines is 1. The molecule has 17 heavy (non-hydrogen) atoms. The van der Waals surface area contributed by atoms with E-state index in [2.05, 4.69) is 6.92 Å². The summed E-state index contributed by atoms with van der Waals surface area (Å²) in [6, 6.07) is 7.34. The molecule has 1 rings (SSSR count). The Morgan fingerprint density at radius 3 is 2.59 bits per heavy atom. The number of hydrogen-bond donors (Lipinski definition) is 2. The molecule has 0 spiro atoms. The highest BCUT2D eigenvalue weighted by atomic mass is 16.5. The number of ether oxygens (including phenoxy) is 1. The minimum Gasteiger partial charge on any atom is -0.487 e. The summed E-state index contributed by atoms with van der Waals surface area (Å²) in [5.41, 5.74) is 12.8. The van der Waals surface area contributed by atoms with Crippen LogP contribution in [0.5, 0.6) is 5.75 Å². The standard InChI is InChI=1S/C14H20N2O/c1-3-4-12(15)6-5-11(2)17-14-9-7-13(16)8-10-14/h4-11H,3,15-16H2,1-2H3/b6-5-,12-4+. The fraction of sp³-hybridized carbons (Fsp3) is 0.286. The van der Waals surface area contributed by atoms with E-state index >= 15 is 0 Å². The SMILES string of the molecule is CC/C=C(N)\C=C/C(C)Oc1ccc(N)cc1. The molecule has 0 aliphatic rings. The van der Waals surface area contributed by atoms with Crippen LogP contribution < -0.4 is 16.2 Å². The first-order valence-electron chi connectivity index (χ1n) is 5.78. The Balaban J connectivity index is 2.52. The minimum atomic E-state index is -0.0255. The summed E-state index contributed by atoms with van der Waals surface area (Å²) < 4.78 is 5.67. The first kappa shape index (κ1) is 13.2. The maximum atomic E-state index is 5.75. The van der Waals surface area contributed by atoms with Crippen LogP contribution in [0.4, 0.5) is 5.69 Å². The highest BCUT2D eigenvalue weighted by Gasteiger charge is 1.99. The van der Waals surface area contributed by atoms with Crippen LogP contribution in [-0.2, 0) is 0 Å². The van der Waals surface area contributed by atoms with Crippen molar-refractivity contribution in [2.75, 3.05) is 5.73 Å². The molecule has 0 aliphatic heterocycles. The average Bonchev–Trinajstić information content (AvgIpc) is 2.30. The molecule has 1 aromatic carbocycles. The summed E-state index contributed by atoms with van der Waals surface area (Å²) in [6.07, 6.45) is 6.67. The molecule has 3 heteroatoms. The van der Waals surface area contributed by atoms with Crippen LogP contribution in [0, 0.1) is 0 Å². The first-order valence-corrected chi connectivity index (χ1v) is 5.78. The molecule has 0 heterocycles. The Bertz CT molecular complexity index is 393. The summed E-state index contributed by atoms with van der Waals surface area (Å²) in [4.78, 5) is 0. The number of allylic oxidation sites excluding steroid dienone is 2. The molecule has 92 valence electrons. The van der Waals surface area contributed by atoms with Crippen molar-refractivity contribution < 1.29 is 4.74 Å². The monoisotopic (exact) mass is 232 g/mol. The van der Waals surface area contributed by atoms with Gasteiger partial charge in [-0.3, -0.25) is 0 Å². The number of rotatable bonds is 5. The molecule has 0 radical (unpaired) electrons. The molecule has 0 amide bonds. The summed E-state index contributed by atoms with van der Waals surface area (Å²) in [5.74, 6) is 0.800. The van der Waals surface area contributed by atoms with Gasteiger partial charge in [0.25, 0.3) is 0 Å². The third-order valence-corrected chi connectivity index (χ3v) is 2.20. The van der Waals surface area contributed by atoms with Crippen molar-refractivity contribution in [3.05, 3.63) is 48.2 Å². The summed E-state index contributed by atoms with van der Waals surface area (Å²) >= 11 is 0. The van der Waals surface area contributed by atoms with Gasteiger partial charge in [-0.05, 0) is 49.8 Å². The molecular formula is C14H20N2O. The third-order valence-electron chi connectivity index (χ3n) is 2.20. The van der Waals surface area contributed by atoms with E-state index in [1.807, 2.05) is 49.4 Å². The van der Waals surface area contributed by atoms with Gasteiger partial charge in [0.2, 0.25) is 0 Å². The van der Waals surface area contributed by atoms with Crippen molar-refractivity contribution in [3.63, 3.8) is 0 Å². The van der Waals surface area contributed by atoms with E-state index in [4.69, 9.17) is 16.2 Å². The lowest BCUT2D eigenvalue weighted by molar-refractivity contribution is 0.270. The second-order valence-corrected chi connectivity index (χ2v) is 3.86. The molecule has 0 saturated heterocycles. The Morgan fingerprint density at radius 1 is 1.35 bits per heavy atom. The smallest absolute Gasteiger partial charge is 0.120 e. The van der Waals surface area contributed by atoms with Crippen molar-refractivity contribution in [2.45, 2.75) is 26.4 Å². The predicted octanol–water partition coefficient (Wildman–Crippen LogP) is 2.84. The molecule has 4 N–H and O–H groups in total. The van der Waals surface area contributed by atoms with Crippen LogP contribution in [0.25, 0.3) is 0 Å². The topological polar surface area (TPSA) is 61.3 Å². The van der Waals surface area contributed by atoms with Crippen LogP contribution in [0.2, 0.25) is 0 Å². The average molecular weight is 232 g/mol. The predicted molar refractivity (Wildman–Crippen MR) is 72.6 cm³/mol. The maximum Gasteiger partial charge on any atom is 0.120 e. The lowest BCUT2D eigenvalue weighted by Crippen LogP contribution is -2.08. The molecular weight excluding hydrogens is 212 g/mol. The normalized spacial score (nSPS) is 13.9. The molecule has 1 aromatic rings. The maximum absolute atomic E-state index is 5.75. The van der Waals surface area contributed by atoms with Crippen molar-refractivity contribution in [2.24, 2.45) is 5.73 Å². The van der Waals surface area contributed by atoms with E-state index in [1.54, 1.807) is 0 Å². The zero-order valence-corrected chi connectivity index (χ0v) is 10.4. The zero-order valence-electron chi connectivity index (χ0n) is 10.4. The molecule has 0 fully saturated rings. The van der Waals surface area contributed by atoms with Gasteiger partial charge in [0.15, 0.2) is 0 Å². The zero-order chi connectivity index (χ0) is 12.7. The second kappa shape index (κ2) is 6.63. The van der Waals surface area contributed by atoms with Crippen LogP contribution in [0.15, 0.2) is 48.2 Å². The van der Waals surface area contributed by atoms with Gasteiger partial charge in [0.05, 0.1) is 0 Å². The number of benzene rings is 1. The third kappa shape index (κ3) is 5.11. The largest absolute Gasteiger partial charge is 0.487 e. The van der Waals surface area contributed by atoms with Crippen molar-refractivity contribution in [1.29, 1.82) is 0 Å². The Kier molecular flexibility index (Phi) is 5.14. The van der Waals surface area contributed by atoms with Gasteiger partial charge in [-0.2, -0.15) is 0 Å². The quantitative estimate of drug-likeness (QED) is 0.606. The van der Waals surface area contributed by atoms with Crippen LogP contribution in [-0.4, -0.2) is 6.10 Å². The van der Waals surface area contributed by atoms with Crippen LogP contribution in [0.1, 0.15) is 20.3 Å². The fourth-order valence-electron chi connectivity index (χ4n) is 1.35. The van der Waals surface area contributed by atoms with E-state index in [0.29, 0.717) is 0 Å². The molecule has 0 saturated carbocycles. The van der Waals surface area contributed by atoms with Gasteiger partial charge >= 0.3 is 0 Å². The van der Waals surface area contributed by atoms with E-state index < -0.39 is 0 Å². The van der Waals surface area contributed by atoms with Crippen LogP contribution in [0.3, 0.4) is 0 Å². The molecule has 0 aromatic heterocycles. The first-order chi connectivity index (χ1) is 8.11. The van der Waals surface area contributed by atoms with E-state index in [9.17, 15) is 0 Å². The number of nitrogens with two attached hydrogens (primary N) is 2. The van der Waals surface area contributed by atoms with Crippen molar-refractivity contribution in [1.82, 2.24) is 0 Å². The Hall–Kier alpha value is -1.90. The van der Waals surface area contributed by atoms with Gasteiger partial charge in [-0.15, -0.1) is 0 Å². The second-order valence-electron chi connectivity index (χ2n) is 3.86. The van der Waals surface area contributed by atoms with Gasteiger partial charge < -0.3 is 16.2 Å². The van der Waals surface area contributed by atoms with Crippen molar-refractivity contribution >= 4 is 5.69 Å². The Morgan fingerprint density at radius 2 is 2.00 bits per heavy atom. The molecule has 0 aliphatic carbocycles. The molecule has 1 unspecified atom stereocenters. The lowest BCUT2D eigenvalue weighted by atomic mass is 10.2. The summed E-state index contributed by atoms with van der Waals surface area (Å²) in [5, 5.41) is 0. The van der Waals surface area contributed by atoms with Gasteiger partial charge in [0, 0.05) is 11.4 Å². The number of hydrogen-bond acceptors (Lipinski definition) is 3. The number of nitrogen functional groups attached to an aromatic ring is 1. The van der Waals surface area contributed by atoms with E-state index in [0.717, 1.165) is 23.6 Å². The summed E-state index contributed by atoms with van der Waals surface area (Å²) in [6.45, 7) is 4.01. The van der Waals surface area contributed by atoms with Gasteiger partial charge in [-0.1, -0.05) is 13.0 Å².